The average Bonchev–Trinajstić information content (AvgIpc) is 3.05. The number of aliphatic imine (C=N–C) groups is 1. The Balaban J connectivity index is 1.56. The highest BCUT2D eigenvalue weighted by molar-refractivity contribution is 6.04. The third-order valence-electron chi connectivity index (χ3n) is 4.44. The maximum Gasteiger partial charge on any atom is 0.316 e. The minimum Gasteiger partial charge on any atom is -0.351 e. The molecule has 0 fully saturated rings. The van der Waals surface area contributed by atoms with Crippen LogP contribution in [0.3, 0.4) is 0 Å². The number of anilines is 1. The molecular formula is C20H17FN4O. The first-order chi connectivity index (χ1) is 12.6. The lowest BCUT2D eigenvalue weighted by Gasteiger charge is -2.26. The molecule has 5 nitrogen and oxygen atoms in total. The van der Waals surface area contributed by atoms with Gasteiger partial charge in [-0.3, -0.25) is 4.99 Å². The van der Waals surface area contributed by atoms with Gasteiger partial charge in [0.25, 0.3) is 0 Å². The number of primary amides is 1. The lowest BCUT2D eigenvalue weighted by molar-refractivity contribution is 0.259. The van der Waals surface area contributed by atoms with E-state index >= 15 is 0 Å². The Bertz CT molecular complexity index is 947. The van der Waals surface area contributed by atoms with Crippen LogP contribution in [0.25, 0.3) is 5.57 Å². The third kappa shape index (κ3) is 3.09. The summed E-state index contributed by atoms with van der Waals surface area (Å²) in [5.74, 6) is 0.614. The number of hydrogen-bond donors (Lipinski definition) is 2. The second-order valence-corrected chi connectivity index (χ2v) is 6.16. The number of carbonyl (C=O) groups is 1. The highest BCUT2D eigenvalue weighted by Gasteiger charge is 2.28. The minimum atomic E-state index is -0.588. The number of carbonyl (C=O) groups excluding carboxylic acids is 1. The summed E-state index contributed by atoms with van der Waals surface area (Å²) in [6.07, 6.45) is 5.98. The molecule has 2 amide bonds. The van der Waals surface area contributed by atoms with Crippen molar-refractivity contribution in [3.8, 4) is 0 Å². The molecule has 1 atom stereocenters. The highest BCUT2D eigenvalue weighted by atomic mass is 19.1. The molecule has 1 unspecified atom stereocenters. The van der Waals surface area contributed by atoms with Gasteiger partial charge in [-0.25, -0.2) is 9.18 Å². The summed E-state index contributed by atoms with van der Waals surface area (Å²) in [7, 11) is 0. The van der Waals surface area contributed by atoms with Crippen molar-refractivity contribution in [3.05, 3.63) is 83.8 Å². The van der Waals surface area contributed by atoms with Gasteiger partial charge in [0.1, 0.15) is 11.7 Å². The number of amides is 2. The van der Waals surface area contributed by atoms with Gasteiger partial charge < -0.3 is 16.0 Å². The molecule has 0 aromatic heterocycles. The Morgan fingerprint density at radius 3 is 2.81 bits per heavy atom. The van der Waals surface area contributed by atoms with Gasteiger partial charge in [0.2, 0.25) is 0 Å². The Morgan fingerprint density at radius 1 is 1.23 bits per heavy atom. The summed E-state index contributed by atoms with van der Waals surface area (Å²) < 4.78 is 13.1. The van der Waals surface area contributed by atoms with E-state index in [2.05, 4.69) is 15.2 Å². The fraction of sp³-hybridized carbons (Fsp3) is 0.100. The van der Waals surface area contributed by atoms with Crippen LogP contribution in [0.15, 0.2) is 71.9 Å². The van der Waals surface area contributed by atoms with Crippen molar-refractivity contribution >= 4 is 23.1 Å². The molecule has 2 aromatic rings. The first-order valence-electron chi connectivity index (χ1n) is 8.25. The van der Waals surface area contributed by atoms with Crippen LogP contribution < -0.4 is 11.1 Å². The van der Waals surface area contributed by atoms with Gasteiger partial charge in [0.15, 0.2) is 0 Å². The summed E-state index contributed by atoms with van der Waals surface area (Å²) in [4.78, 5) is 17.8. The number of urea groups is 1. The van der Waals surface area contributed by atoms with E-state index in [0.29, 0.717) is 12.2 Å². The van der Waals surface area contributed by atoms with Crippen LogP contribution in [0, 0.1) is 5.82 Å². The summed E-state index contributed by atoms with van der Waals surface area (Å²) in [6, 6.07) is 13.5. The van der Waals surface area contributed by atoms with Gasteiger partial charge in [-0.2, -0.15) is 0 Å². The van der Waals surface area contributed by atoms with Gasteiger partial charge in [0.05, 0.1) is 12.6 Å². The van der Waals surface area contributed by atoms with Crippen LogP contribution in [0.2, 0.25) is 0 Å². The van der Waals surface area contributed by atoms with Crippen LogP contribution in [0.4, 0.5) is 14.9 Å². The van der Waals surface area contributed by atoms with E-state index < -0.39 is 6.03 Å². The zero-order valence-electron chi connectivity index (χ0n) is 13.9. The van der Waals surface area contributed by atoms with E-state index in [1.54, 1.807) is 18.2 Å². The second kappa shape index (κ2) is 6.48. The minimum absolute atomic E-state index is 0.0573. The molecule has 2 aliphatic heterocycles. The quantitative estimate of drug-likeness (QED) is 0.888. The molecule has 2 aliphatic rings. The first kappa shape index (κ1) is 16.1. The number of nitrogens with one attached hydrogen (secondary N) is 1. The molecule has 6 heteroatoms. The Labute approximate surface area is 150 Å². The monoisotopic (exact) mass is 348 g/mol. The van der Waals surface area contributed by atoms with Crippen molar-refractivity contribution in [1.29, 1.82) is 0 Å². The van der Waals surface area contributed by atoms with Crippen molar-refractivity contribution in [2.24, 2.45) is 10.7 Å². The zero-order chi connectivity index (χ0) is 18.1. The molecule has 2 heterocycles. The largest absolute Gasteiger partial charge is 0.351 e. The van der Waals surface area contributed by atoms with Crippen molar-refractivity contribution in [2.45, 2.75) is 6.04 Å². The molecule has 2 aromatic carbocycles. The summed E-state index contributed by atoms with van der Waals surface area (Å²) in [6.45, 7) is 0.618. The fourth-order valence-electron chi connectivity index (χ4n) is 3.21. The highest BCUT2D eigenvalue weighted by Crippen LogP contribution is 2.33. The van der Waals surface area contributed by atoms with Gasteiger partial charge in [-0.1, -0.05) is 24.3 Å². The normalized spacial score (nSPS) is 18.2. The van der Waals surface area contributed by atoms with Gasteiger partial charge in [-0.15, -0.1) is 0 Å². The van der Waals surface area contributed by atoms with E-state index in [1.165, 1.54) is 12.1 Å². The molecule has 0 aliphatic carbocycles. The number of amidine groups is 1. The van der Waals surface area contributed by atoms with Crippen LogP contribution in [-0.4, -0.2) is 23.3 Å². The van der Waals surface area contributed by atoms with Crippen molar-refractivity contribution in [3.63, 3.8) is 0 Å². The predicted octanol–water partition coefficient (Wildman–Crippen LogP) is 3.68. The maximum atomic E-state index is 13.1. The van der Waals surface area contributed by atoms with E-state index in [9.17, 15) is 9.18 Å². The molecular weight excluding hydrogens is 331 g/mol. The number of hydrogen-bond acceptors (Lipinski definition) is 3. The number of halogens is 1. The van der Waals surface area contributed by atoms with E-state index in [-0.39, 0.29) is 11.9 Å². The van der Waals surface area contributed by atoms with E-state index in [1.807, 2.05) is 36.6 Å². The standard InChI is InChI=1S/C20H17FN4O/c21-16-6-4-13(5-7-16)14-8-9-25-18(12-23-19(25)11-14)15-2-1-3-17(10-15)24-20(22)26/h1-11,18H,12H2,(H3,22,24,26). The number of rotatable bonds is 3. The Kier molecular flexibility index (Phi) is 4.01. The van der Waals surface area contributed by atoms with Gasteiger partial charge in [0, 0.05) is 11.9 Å². The van der Waals surface area contributed by atoms with Crippen molar-refractivity contribution < 1.29 is 9.18 Å². The number of allylic oxidation sites excluding steroid dienone is 2. The molecule has 0 bridgehead atoms. The number of nitrogens with two attached hydrogens (primary N) is 1. The number of nitrogens with zero attached hydrogens (tertiary/aromatic N) is 2. The molecule has 4 rings (SSSR count). The average molecular weight is 348 g/mol. The maximum absolute atomic E-state index is 13.1. The molecule has 0 radical (unpaired) electrons. The third-order valence-corrected chi connectivity index (χ3v) is 4.44. The van der Waals surface area contributed by atoms with Crippen molar-refractivity contribution in [2.75, 3.05) is 11.9 Å². The molecule has 0 saturated carbocycles. The van der Waals surface area contributed by atoms with E-state index in [4.69, 9.17) is 5.73 Å². The van der Waals surface area contributed by atoms with Crippen LogP contribution in [-0.2, 0) is 0 Å². The van der Waals surface area contributed by atoms with Gasteiger partial charge in [-0.05, 0) is 53.1 Å². The SMILES string of the molecule is NC(=O)Nc1cccc(C2CN=C3C=C(c4ccc(F)cc4)C=CN32)c1. The van der Waals surface area contributed by atoms with Crippen molar-refractivity contribution in [1.82, 2.24) is 4.90 Å². The molecule has 0 spiro atoms. The summed E-state index contributed by atoms with van der Waals surface area (Å²) >= 11 is 0. The van der Waals surface area contributed by atoms with Gasteiger partial charge >= 0.3 is 6.03 Å². The van der Waals surface area contributed by atoms with Crippen LogP contribution in [0.1, 0.15) is 17.2 Å². The second-order valence-electron chi connectivity index (χ2n) is 6.16. The number of fused-ring (bicyclic) bond motifs is 1. The number of benzene rings is 2. The molecule has 26 heavy (non-hydrogen) atoms. The van der Waals surface area contributed by atoms with E-state index in [0.717, 1.165) is 22.5 Å². The predicted molar refractivity (Wildman–Crippen MR) is 100 cm³/mol. The summed E-state index contributed by atoms with van der Waals surface area (Å²) in [5.41, 5.74) is 8.82. The Hall–Kier alpha value is -3.41. The fourth-order valence-corrected chi connectivity index (χ4v) is 3.21. The molecule has 0 saturated heterocycles. The molecule has 3 N–H and O–H groups in total. The summed E-state index contributed by atoms with van der Waals surface area (Å²) in [5, 5.41) is 2.60. The lowest BCUT2D eigenvalue weighted by Crippen LogP contribution is -2.26. The smallest absolute Gasteiger partial charge is 0.316 e. The van der Waals surface area contributed by atoms with Crippen LogP contribution >= 0.6 is 0 Å². The lowest BCUT2D eigenvalue weighted by atomic mass is 10.0. The first-order valence-corrected chi connectivity index (χ1v) is 8.25. The van der Waals surface area contributed by atoms with Crippen LogP contribution in [0.5, 0.6) is 0 Å². The topological polar surface area (TPSA) is 70.7 Å². The molecule has 130 valence electrons. The Morgan fingerprint density at radius 2 is 2.04 bits per heavy atom. The zero-order valence-corrected chi connectivity index (χ0v) is 13.9.